The topological polar surface area (TPSA) is 116 Å². The van der Waals surface area contributed by atoms with Gasteiger partial charge in [-0.15, -0.1) is 0 Å². The van der Waals surface area contributed by atoms with Crippen molar-refractivity contribution in [3.8, 4) is 11.5 Å². The molecule has 1 heterocycles. The predicted octanol–water partition coefficient (Wildman–Crippen LogP) is 3.77. The van der Waals surface area contributed by atoms with Crippen LogP contribution in [0.15, 0.2) is 28.8 Å². The summed E-state index contributed by atoms with van der Waals surface area (Å²) in [4.78, 5) is 4.08. The van der Waals surface area contributed by atoms with Crippen molar-refractivity contribution in [2.24, 2.45) is 0 Å². The summed E-state index contributed by atoms with van der Waals surface area (Å²) in [5, 5.41) is 4.23. The number of benzene rings is 1. The van der Waals surface area contributed by atoms with E-state index in [2.05, 4.69) is 31.5 Å². The van der Waals surface area contributed by atoms with Gasteiger partial charge in [-0.25, -0.2) is 0 Å². The van der Waals surface area contributed by atoms with Crippen LogP contribution >= 0.6 is 33.0 Å². The molecule has 0 saturated heterocycles. The number of nitrogens with zero attached hydrogens (tertiary/aromatic N) is 2. The van der Waals surface area contributed by atoms with Crippen molar-refractivity contribution in [3.05, 3.63) is 35.1 Å². The lowest BCUT2D eigenvalue weighted by atomic mass is 10.2. The zero-order valence-corrected chi connectivity index (χ0v) is 16.1. The van der Waals surface area contributed by atoms with Crippen LogP contribution in [0.4, 0.5) is 0 Å². The van der Waals surface area contributed by atoms with E-state index in [0.29, 0.717) is 10.6 Å². The van der Waals surface area contributed by atoms with E-state index < -0.39 is 24.5 Å². The second kappa shape index (κ2) is 9.70. The molecule has 0 N–H and O–H groups in total. The van der Waals surface area contributed by atoms with Gasteiger partial charge in [0.05, 0.1) is 6.26 Å². The lowest BCUT2D eigenvalue weighted by molar-refractivity contribution is 0.220. The van der Waals surface area contributed by atoms with Crippen LogP contribution in [0.2, 0.25) is 5.02 Å². The number of hydrogen-bond donors (Lipinski definition) is 0. The number of rotatable bonds is 4. The number of hydrogen-bond acceptors (Lipinski definition) is 8. The van der Waals surface area contributed by atoms with Gasteiger partial charge in [0.15, 0.2) is 0 Å². The Morgan fingerprint density at radius 1 is 1.20 bits per heavy atom. The third kappa shape index (κ3) is 10.6. The standard InChI is InChI=1S/C11H11ClN2O4S.CH4.Cl2O2S/c1-7(18-19(2,15)16)10-13-11(17-14-10)8-4-3-5-9(12)6-8;;1-5(2,3)4/h3-7H,1-2H3;1H4;. The molecule has 8 nitrogen and oxygen atoms in total. The molecule has 0 spiro atoms. The van der Waals surface area contributed by atoms with Crippen molar-refractivity contribution in [3.63, 3.8) is 0 Å². The summed E-state index contributed by atoms with van der Waals surface area (Å²) in [5.41, 5.74) is 0.651. The largest absolute Gasteiger partial charge is 0.334 e. The molecule has 2 aromatic rings. The molecule has 0 fully saturated rings. The molecule has 142 valence electrons. The normalized spacial score (nSPS) is 12.5. The predicted molar refractivity (Wildman–Crippen MR) is 96.4 cm³/mol. The summed E-state index contributed by atoms with van der Waals surface area (Å²) in [5.74, 6) is 0.404. The van der Waals surface area contributed by atoms with Crippen LogP contribution in [0.3, 0.4) is 0 Å². The number of halogens is 3. The highest BCUT2D eigenvalue weighted by molar-refractivity contribution is 8.31. The first kappa shape index (κ1) is 24.1. The summed E-state index contributed by atoms with van der Waals surface area (Å²) in [6.07, 6.45) is 0.147. The first-order valence-electron chi connectivity index (χ1n) is 5.97. The monoisotopic (exact) mass is 452 g/mol. The fourth-order valence-corrected chi connectivity index (χ4v) is 2.24. The highest BCUT2D eigenvalue weighted by Gasteiger charge is 2.19. The van der Waals surface area contributed by atoms with Gasteiger partial charge in [0.1, 0.15) is 6.10 Å². The molecule has 13 heteroatoms. The van der Waals surface area contributed by atoms with E-state index in [1.807, 2.05) is 0 Å². The van der Waals surface area contributed by atoms with Gasteiger partial charge in [0.25, 0.3) is 16.0 Å². The molecule has 1 aromatic heterocycles. The Morgan fingerprint density at radius 3 is 2.24 bits per heavy atom. The SMILES string of the molecule is C.CC(OS(C)(=O)=O)c1noc(-c2cccc(Cl)c2)n1.O=S(=O)(Cl)Cl. The van der Waals surface area contributed by atoms with Crippen molar-refractivity contribution in [1.29, 1.82) is 0 Å². The molecule has 0 aliphatic heterocycles. The van der Waals surface area contributed by atoms with E-state index in [-0.39, 0.29) is 19.1 Å². The molecule has 0 radical (unpaired) electrons. The average molecular weight is 454 g/mol. The van der Waals surface area contributed by atoms with Gasteiger partial charge in [-0.05, 0) is 25.1 Å². The second-order valence-corrected chi connectivity index (χ2v) is 9.99. The van der Waals surface area contributed by atoms with Gasteiger partial charge in [0, 0.05) is 32.0 Å². The van der Waals surface area contributed by atoms with Gasteiger partial charge in [0.2, 0.25) is 5.82 Å². The highest BCUT2D eigenvalue weighted by Crippen LogP contribution is 2.23. The minimum Gasteiger partial charge on any atom is -0.334 e. The number of aromatic nitrogens is 2. The molecular weight excluding hydrogens is 439 g/mol. The fraction of sp³-hybridized carbons (Fsp3) is 0.333. The third-order valence-electron chi connectivity index (χ3n) is 2.20. The molecule has 0 amide bonds. The van der Waals surface area contributed by atoms with Crippen LogP contribution in [-0.2, 0) is 22.6 Å². The Morgan fingerprint density at radius 2 is 1.76 bits per heavy atom. The minimum atomic E-state index is -3.72. The zero-order valence-electron chi connectivity index (χ0n) is 12.2. The summed E-state index contributed by atoms with van der Waals surface area (Å²) < 4.78 is 50.2. The first-order chi connectivity index (χ1) is 10.8. The third-order valence-corrected chi connectivity index (χ3v) is 3.07. The summed E-state index contributed by atoms with van der Waals surface area (Å²) in [6, 6.07) is 6.89. The van der Waals surface area contributed by atoms with Gasteiger partial charge in [-0.3, -0.25) is 4.18 Å². The maximum Gasteiger partial charge on any atom is 0.317 e. The summed E-state index contributed by atoms with van der Waals surface area (Å²) in [7, 11) is 1.24. The van der Waals surface area contributed by atoms with Crippen molar-refractivity contribution in [2.75, 3.05) is 6.26 Å². The molecule has 0 aliphatic carbocycles. The van der Waals surface area contributed by atoms with E-state index in [9.17, 15) is 8.42 Å². The summed E-state index contributed by atoms with van der Waals surface area (Å²) >= 11 is 5.86. The first-order valence-corrected chi connectivity index (χ1v) is 11.3. The van der Waals surface area contributed by atoms with E-state index >= 15 is 0 Å². The van der Waals surface area contributed by atoms with Gasteiger partial charge in [-0.1, -0.05) is 30.3 Å². The molecule has 25 heavy (non-hydrogen) atoms. The molecule has 2 rings (SSSR count). The van der Waals surface area contributed by atoms with Crippen LogP contribution in [0.1, 0.15) is 26.3 Å². The molecule has 0 saturated carbocycles. The Bertz CT molecular complexity index is 891. The molecule has 0 aliphatic rings. The quantitative estimate of drug-likeness (QED) is 0.507. The summed E-state index contributed by atoms with van der Waals surface area (Å²) in [6.45, 7) is 1.52. The Balaban J connectivity index is 0.000000848. The average Bonchev–Trinajstić information content (AvgIpc) is 2.84. The van der Waals surface area contributed by atoms with Gasteiger partial charge < -0.3 is 4.52 Å². The Kier molecular flexibility index (Phi) is 9.34. The Hall–Kier alpha value is -0.910. The highest BCUT2D eigenvalue weighted by atomic mass is 36.0. The van der Waals surface area contributed by atoms with Crippen molar-refractivity contribution < 1.29 is 25.5 Å². The van der Waals surface area contributed by atoms with Crippen molar-refractivity contribution >= 4 is 51.3 Å². The molecule has 0 bridgehead atoms. The van der Waals surface area contributed by atoms with Crippen LogP contribution in [0.5, 0.6) is 0 Å². The minimum absolute atomic E-state index is 0. The van der Waals surface area contributed by atoms with Gasteiger partial charge in [-0.2, -0.15) is 21.8 Å². The lowest BCUT2D eigenvalue weighted by Gasteiger charge is -2.04. The maximum atomic E-state index is 11.0. The van der Waals surface area contributed by atoms with Crippen molar-refractivity contribution in [1.82, 2.24) is 10.1 Å². The molecule has 1 atom stereocenters. The Labute approximate surface area is 160 Å². The van der Waals surface area contributed by atoms with Crippen LogP contribution in [-0.4, -0.2) is 33.2 Å². The van der Waals surface area contributed by atoms with Crippen molar-refractivity contribution in [2.45, 2.75) is 20.5 Å². The molecular formula is C12H15Cl3N2O6S2. The zero-order chi connectivity index (χ0) is 18.5. The van der Waals surface area contributed by atoms with E-state index in [1.165, 1.54) is 6.92 Å². The van der Waals surface area contributed by atoms with Crippen LogP contribution < -0.4 is 0 Å². The molecule has 1 aromatic carbocycles. The maximum absolute atomic E-state index is 11.0. The molecule has 1 unspecified atom stereocenters. The van der Waals surface area contributed by atoms with E-state index in [0.717, 1.165) is 6.26 Å². The lowest BCUT2D eigenvalue weighted by Crippen LogP contribution is -2.08. The van der Waals surface area contributed by atoms with Crippen LogP contribution in [0.25, 0.3) is 11.5 Å². The van der Waals surface area contributed by atoms with Crippen LogP contribution in [0, 0.1) is 0 Å². The van der Waals surface area contributed by atoms with E-state index in [1.54, 1.807) is 24.3 Å². The smallest absolute Gasteiger partial charge is 0.317 e. The second-order valence-electron chi connectivity index (χ2n) is 4.29. The van der Waals surface area contributed by atoms with E-state index in [4.69, 9.17) is 28.7 Å². The van der Waals surface area contributed by atoms with Gasteiger partial charge >= 0.3 is 8.26 Å². The fourth-order valence-electron chi connectivity index (χ4n) is 1.44.